The van der Waals surface area contributed by atoms with Crippen molar-refractivity contribution in [3.63, 3.8) is 0 Å². The van der Waals surface area contributed by atoms with Gasteiger partial charge in [-0.05, 0) is 50.5 Å². The number of aromatic nitrogens is 2. The molecule has 0 amide bonds. The molecule has 4 heterocycles. The second-order valence-electron chi connectivity index (χ2n) is 8.39. The van der Waals surface area contributed by atoms with Crippen LogP contribution in [0.3, 0.4) is 0 Å². The summed E-state index contributed by atoms with van der Waals surface area (Å²) >= 11 is 0. The maximum absolute atomic E-state index is 9.79. The molecule has 3 fully saturated rings. The van der Waals surface area contributed by atoms with Crippen molar-refractivity contribution in [3.05, 3.63) is 47.3 Å². The van der Waals surface area contributed by atoms with E-state index in [4.69, 9.17) is 4.74 Å². The first kappa shape index (κ1) is 16.5. The van der Waals surface area contributed by atoms with Crippen LogP contribution in [0, 0.1) is 25.7 Å². The topological polar surface area (TPSA) is 50.5 Å². The molecule has 1 spiro atoms. The van der Waals surface area contributed by atoms with Gasteiger partial charge in [-0.2, -0.15) is 5.10 Å². The molecule has 5 nitrogen and oxygen atoms in total. The van der Waals surface area contributed by atoms with Crippen LogP contribution < -0.4 is 0 Å². The van der Waals surface area contributed by atoms with Gasteiger partial charge in [0, 0.05) is 43.8 Å². The highest BCUT2D eigenvalue weighted by atomic mass is 16.5. The van der Waals surface area contributed by atoms with Crippen molar-refractivity contribution in [2.24, 2.45) is 11.8 Å². The second-order valence-corrected chi connectivity index (χ2v) is 8.39. The van der Waals surface area contributed by atoms with Crippen LogP contribution in [0.25, 0.3) is 5.69 Å². The fourth-order valence-corrected chi connectivity index (χ4v) is 5.59. The van der Waals surface area contributed by atoms with Crippen LogP contribution in [-0.2, 0) is 11.3 Å². The molecular formula is C21H27N3O2. The predicted molar refractivity (Wildman–Crippen MR) is 99.2 cm³/mol. The van der Waals surface area contributed by atoms with Crippen molar-refractivity contribution in [2.75, 3.05) is 19.7 Å². The monoisotopic (exact) mass is 353 g/mol. The highest BCUT2D eigenvalue weighted by molar-refractivity contribution is 5.37. The number of aryl methyl sites for hydroxylation is 2. The standard InChI is InChI=1S/C21H27N3O2/c1-14-8-15(2)24(22-14)17-5-3-4-16(9-17)10-23-11-19-18(12-25)20-6-7-21(19,13-23)26-20/h3-5,8-9,18-20,25H,6-7,10-13H2,1-2H3/t18-,19+,20+,21+/m0/s1. The lowest BCUT2D eigenvalue weighted by atomic mass is 9.74. The third-order valence-electron chi connectivity index (χ3n) is 6.64. The van der Waals surface area contributed by atoms with Gasteiger partial charge in [0.25, 0.3) is 0 Å². The number of fused-ring (bicyclic) bond motifs is 1. The van der Waals surface area contributed by atoms with Gasteiger partial charge >= 0.3 is 0 Å². The van der Waals surface area contributed by atoms with Gasteiger partial charge in [0.2, 0.25) is 0 Å². The number of nitrogens with zero attached hydrogens (tertiary/aromatic N) is 3. The van der Waals surface area contributed by atoms with Crippen molar-refractivity contribution in [3.8, 4) is 5.69 Å². The zero-order valence-corrected chi connectivity index (χ0v) is 15.6. The molecule has 4 atom stereocenters. The molecule has 26 heavy (non-hydrogen) atoms. The Labute approximate surface area is 154 Å². The van der Waals surface area contributed by atoms with E-state index in [0.717, 1.165) is 49.6 Å². The molecular weight excluding hydrogens is 326 g/mol. The lowest BCUT2D eigenvalue weighted by molar-refractivity contribution is 0.000382. The van der Waals surface area contributed by atoms with E-state index in [1.807, 2.05) is 11.6 Å². The molecule has 1 aromatic carbocycles. The minimum Gasteiger partial charge on any atom is -0.396 e. The molecule has 138 valence electrons. The Morgan fingerprint density at radius 3 is 2.96 bits per heavy atom. The molecule has 0 unspecified atom stereocenters. The van der Waals surface area contributed by atoms with Gasteiger partial charge in [-0.1, -0.05) is 12.1 Å². The summed E-state index contributed by atoms with van der Waals surface area (Å²) in [5.74, 6) is 0.820. The van der Waals surface area contributed by atoms with Crippen LogP contribution in [-0.4, -0.2) is 51.2 Å². The molecule has 0 saturated carbocycles. The predicted octanol–water partition coefficient (Wildman–Crippen LogP) is 2.46. The van der Waals surface area contributed by atoms with Crippen molar-refractivity contribution in [2.45, 2.75) is 44.9 Å². The van der Waals surface area contributed by atoms with Gasteiger partial charge in [0.05, 0.1) is 23.1 Å². The smallest absolute Gasteiger partial charge is 0.0858 e. The van der Waals surface area contributed by atoms with Crippen LogP contribution in [0.15, 0.2) is 30.3 Å². The summed E-state index contributed by atoms with van der Waals surface area (Å²) < 4.78 is 8.37. The second kappa shape index (κ2) is 5.91. The molecule has 0 aliphatic carbocycles. The van der Waals surface area contributed by atoms with Gasteiger partial charge in [-0.15, -0.1) is 0 Å². The van der Waals surface area contributed by atoms with Crippen LogP contribution in [0.4, 0.5) is 0 Å². The average molecular weight is 353 g/mol. The number of hydrogen-bond donors (Lipinski definition) is 1. The number of likely N-dealkylation sites (tertiary alicyclic amines) is 1. The molecule has 5 rings (SSSR count). The average Bonchev–Trinajstić information content (AvgIpc) is 3.33. The van der Waals surface area contributed by atoms with Crippen molar-refractivity contribution >= 4 is 0 Å². The van der Waals surface area contributed by atoms with E-state index in [0.29, 0.717) is 17.9 Å². The number of benzene rings is 1. The number of rotatable bonds is 4. The Kier molecular flexibility index (Phi) is 3.75. The van der Waals surface area contributed by atoms with Gasteiger partial charge in [0.15, 0.2) is 0 Å². The first-order valence-electron chi connectivity index (χ1n) is 9.72. The minimum atomic E-state index is 0.00531. The van der Waals surface area contributed by atoms with Gasteiger partial charge in [-0.25, -0.2) is 4.68 Å². The Bertz CT molecular complexity index is 832. The van der Waals surface area contributed by atoms with E-state index in [-0.39, 0.29) is 12.2 Å². The fraction of sp³-hybridized carbons (Fsp3) is 0.571. The third kappa shape index (κ3) is 2.45. The number of ether oxygens (including phenoxy) is 1. The molecule has 1 N–H and O–H groups in total. The summed E-state index contributed by atoms with van der Waals surface area (Å²) in [5, 5.41) is 14.4. The summed E-state index contributed by atoms with van der Waals surface area (Å²) in [7, 11) is 0. The van der Waals surface area contributed by atoms with Crippen molar-refractivity contribution in [1.82, 2.24) is 14.7 Å². The third-order valence-corrected chi connectivity index (χ3v) is 6.64. The quantitative estimate of drug-likeness (QED) is 0.917. The first-order chi connectivity index (χ1) is 12.6. The summed E-state index contributed by atoms with van der Waals surface area (Å²) in [6.45, 7) is 7.34. The molecule has 2 bridgehead atoms. The van der Waals surface area contributed by atoms with Crippen molar-refractivity contribution in [1.29, 1.82) is 0 Å². The Morgan fingerprint density at radius 1 is 1.31 bits per heavy atom. The van der Waals surface area contributed by atoms with Crippen molar-refractivity contribution < 1.29 is 9.84 Å². The van der Waals surface area contributed by atoms with E-state index in [9.17, 15) is 5.11 Å². The molecule has 2 aromatic rings. The van der Waals surface area contributed by atoms with E-state index < -0.39 is 0 Å². The Balaban J connectivity index is 1.35. The molecule has 0 radical (unpaired) electrons. The number of aliphatic hydroxyl groups excluding tert-OH is 1. The molecule has 1 aromatic heterocycles. The molecule has 3 saturated heterocycles. The van der Waals surface area contributed by atoms with E-state index in [1.54, 1.807) is 0 Å². The fourth-order valence-electron chi connectivity index (χ4n) is 5.59. The minimum absolute atomic E-state index is 0.00531. The molecule has 3 aliphatic heterocycles. The van der Waals surface area contributed by atoms with E-state index in [1.165, 1.54) is 5.56 Å². The normalized spacial score (nSPS) is 33.1. The zero-order valence-electron chi connectivity index (χ0n) is 15.6. The maximum Gasteiger partial charge on any atom is 0.0858 e. The summed E-state index contributed by atoms with van der Waals surface area (Å²) in [4.78, 5) is 2.51. The number of aliphatic hydroxyl groups is 1. The van der Waals surface area contributed by atoms with E-state index in [2.05, 4.69) is 47.3 Å². The lowest BCUT2D eigenvalue weighted by Gasteiger charge is -2.28. The highest BCUT2D eigenvalue weighted by Crippen LogP contribution is 2.54. The first-order valence-corrected chi connectivity index (χ1v) is 9.72. The maximum atomic E-state index is 9.79. The van der Waals surface area contributed by atoms with Gasteiger partial charge in [0.1, 0.15) is 0 Å². The SMILES string of the molecule is Cc1cc(C)n(-c2cccc(CN3C[C@@H]4[C@H](CO)[C@H]5CC[C@]4(C3)O5)c2)n1. The molecule has 5 heteroatoms. The molecule has 3 aliphatic rings. The van der Waals surface area contributed by atoms with Crippen LogP contribution in [0.5, 0.6) is 0 Å². The van der Waals surface area contributed by atoms with E-state index >= 15 is 0 Å². The van der Waals surface area contributed by atoms with Crippen LogP contribution in [0.1, 0.15) is 29.8 Å². The largest absolute Gasteiger partial charge is 0.396 e. The van der Waals surface area contributed by atoms with Crippen LogP contribution in [0.2, 0.25) is 0 Å². The lowest BCUT2D eigenvalue weighted by Crippen LogP contribution is -2.37. The summed E-state index contributed by atoms with van der Waals surface area (Å²) in [5.41, 5.74) is 4.64. The Morgan fingerprint density at radius 2 is 2.19 bits per heavy atom. The Hall–Kier alpha value is -1.69. The summed E-state index contributed by atoms with van der Waals surface area (Å²) in [6, 6.07) is 10.8. The zero-order chi connectivity index (χ0) is 17.9. The summed E-state index contributed by atoms with van der Waals surface area (Å²) in [6.07, 6.45) is 2.56. The van der Waals surface area contributed by atoms with Gasteiger partial charge in [-0.3, -0.25) is 4.90 Å². The number of hydrogen-bond acceptors (Lipinski definition) is 4. The van der Waals surface area contributed by atoms with Crippen LogP contribution >= 0.6 is 0 Å². The van der Waals surface area contributed by atoms with Gasteiger partial charge < -0.3 is 9.84 Å². The highest BCUT2D eigenvalue weighted by Gasteiger charge is 2.62.